The van der Waals surface area contributed by atoms with Crippen LogP contribution < -0.4 is 5.32 Å². The van der Waals surface area contributed by atoms with Crippen LogP contribution >= 0.6 is 0 Å². The van der Waals surface area contributed by atoms with Gasteiger partial charge < -0.3 is 10.1 Å². The molecule has 2 saturated heterocycles. The maximum Gasteiger partial charge on any atom is 0.311 e. The minimum absolute atomic E-state index is 0.0529. The number of rotatable bonds is 1. The molecule has 0 radical (unpaired) electrons. The summed E-state index contributed by atoms with van der Waals surface area (Å²) in [5.41, 5.74) is 4.10. The minimum atomic E-state index is -0.0925. The fraction of sp³-hybridized carbons (Fsp3) is 0.550. The summed E-state index contributed by atoms with van der Waals surface area (Å²) in [6.07, 6.45) is 4.43. The molecule has 2 bridgehead atoms. The molecule has 4 heteroatoms. The Kier molecular flexibility index (Phi) is 2.94. The van der Waals surface area contributed by atoms with Gasteiger partial charge in [-0.2, -0.15) is 0 Å². The maximum absolute atomic E-state index is 12.8. The number of nitrogens with one attached hydrogen (secondary N) is 1. The van der Waals surface area contributed by atoms with Crippen molar-refractivity contribution < 1.29 is 9.53 Å². The van der Waals surface area contributed by atoms with Crippen molar-refractivity contribution in [2.45, 2.75) is 37.3 Å². The lowest BCUT2D eigenvalue weighted by atomic mass is 9.55. The smallest absolute Gasteiger partial charge is 0.311 e. The molecule has 5 rings (SSSR count). The molecule has 4 aliphatic rings. The number of fused-ring (bicyclic) bond motifs is 2. The van der Waals surface area contributed by atoms with E-state index in [4.69, 9.17) is 4.74 Å². The predicted molar refractivity (Wildman–Crippen MR) is 92.9 cm³/mol. The van der Waals surface area contributed by atoms with Gasteiger partial charge in [-0.1, -0.05) is 29.8 Å². The number of ether oxygens (including phenoxy) is 1. The van der Waals surface area contributed by atoms with E-state index < -0.39 is 0 Å². The lowest BCUT2D eigenvalue weighted by Crippen LogP contribution is -2.63. The Morgan fingerprint density at radius 1 is 1.42 bits per heavy atom. The van der Waals surface area contributed by atoms with Gasteiger partial charge in [0.15, 0.2) is 0 Å². The number of piperidine rings is 1. The van der Waals surface area contributed by atoms with Crippen molar-refractivity contribution in [2.75, 3.05) is 25.5 Å². The van der Waals surface area contributed by atoms with E-state index in [2.05, 4.69) is 47.5 Å². The van der Waals surface area contributed by atoms with Crippen molar-refractivity contribution in [3.63, 3.8) is 0 Å². The van der Waals surface area contributed by atoms with Gasteiger partial charge in [-0.25, -0.2) is 0 Å². The molecule has 0 aromatic heterocycles. The van der Waals surface area contributed by atoms with Gasteiger partial charge >= 0.3 is 5.97 Å². The average molecular weight is 324 g/mol. The summed E-state index contributed by atoms with van der Waals surface area (Å²) in [7, 11) is 1.53. The van der Waals surface area contributed by atoms with Crippen LogP contribution in [-0.4, -0.2) is 43.2 Å². The fourth-order valence-electron chi connectivity index (χ4n) is 6.19. The molecule has 1 aliphatic carbocycles. The first kappa shape index (κ1) is 14.5. The van der Waals surface area contributed by atoms with Gasteiger partial charge in [-0.05, 0) is 43.9 Å². The Balaban J connectivity index is 1.71. The quantitative estimate of drug-likeness (QED) is 0.637. The van der Waals surface area contributed by atoms with Crippen molar-refractivity contribution in [1.82, 2.24) is 4.90 Å². The van der Waals surface area contributed by atoms with Crippen LogP contribution in [0.2, 0.25) is 0 Å². The Labute approximate surface area is 142 Å². The Hall–Kier alpha value is -1.81. The fourth-order valence-corrected chi connectivity index (χ4v) is 6.19. The molecule has 1 saturated carbocycles. The van der Waals surface area contributed by atoms with Crippen LogP contribution in [0.3, 0.4) is 0 Å². The highest BCUT2D eigenvalue weighted by atomic mass is 16.5. The van der Waals surface area contributed by atoms with Crippen molar-refractivity contribution in [3.8, 4) is 0 Å². The Bertz CT molecular complexity index is 743. The molecule has 1 aromatic rings. The van der Waals surface area contributed by atoms with E-state index in [9.17, 15) is 4.79 Å². The Morgan fingerprint density at radius 2 is 2.25 bits per heavy atom. The van der Waals surface area contributed by atoms with Crippen molar-refractivity contribution in [3.05, 3.63) is 41.5 Å². The Morgan fingerprint density at radius 3 is 3.04 bits per heavy atom. The van der Waals surface area contributed by atoms with E-state index in [1.165, 1.54) is 23.9 Å². The summed E-state index contributed by atoms with van der Waals surface area (Å²) in [6, 6.07) is 9.34. The number of carbonyl (C=O) groups excluding carboxylic acids is 1. The van der Waals surface area contributed by atoms with E-state index in [0.29, 0.717) is 12.0 Å². The monoisotopic (exact) mass is 324 g/mol. The molecule has 1 N–H and O–H groups in total. The van der Waals surface area contributed by atoms with Gasteiger partial charge in [0, 0.05) is 23.7 Å². The van der Waals surface area contributed by atoms with Gasteiger partial charge in [-0.15, -0.1) is 0 Å². The molecular weight excluding hydrogens is 300 g/mol. The molecule has 1 spiro atoms. The molecule has 24 heavy (non-hydrogen) atoms. The predicted octanol–water partition coefficient (Wildman–Crippen LogP) is 2.56. The zero-order valence-electron chi connectivity index (χ0n) is 14.3. The van der Waals surface area contributed by atoms with Crippen LogP contribution in [0.1, 0.15) is 25.3 Å². The number of esters is 1. The summed E-state index contributed by atoms with van der Waals surface area (Å²) in [5, 5.41) is 3.74. The zero-order chi connectivity index (χ0) is 16.5. The molecule has 5 unspecified atom stereocenters. The third-order valence-electron chi connectivity index (χ3n) is 7.12. The number of benzene rings is 1. The van der Waals surface area contributed by atoms with Crippen LogP contribution in [0.5, 0.6) is 0 Å². The highest BCUT2D eigenvalue weighted by Gasteiger charge is 2.66. The first-order valence-electron chi connectivity index (χ1n) is 9.03. The number of hydrogen-bond acceptors (Lipinski definition) is 4. The van der Waals surface area contributed by atoms with E-state index in [1.54, 1.807) is 0 Å². The van der Waals surface area contributed by atoms with Gasteiger partial charge in [0.2, 0.25) is 0 Å². The summed E-state index contributed by atoms with van der Waals surface area (Å²) in [5.74, 6) is 0.162. The van der Waals surface area contributed by atoms with Gasteiger partial charge in [-0.3, -0.25) is 9.69 Å². The number of allylic oxidation sites excluding steroid dienone is 1. The standard InChI is InChI=1S/C20H24N2O2/c1-3-12-11-22-9-8-20-14-6-4-5-7-15(14)21-18(20)17(19(23)24-2)13(12)10-16(20)22/h3-7,13,16-18,21H,8-11H2,1-2H3/b12-3+. The second kappa shape index (κ2) is 4.85. The van der Waals surface area contributed by atoms with Crippen molar-refractivity contribution >= 4 is 11.7 Å². The topological polar surface area (TPSA) is 41.6 Å². The molecule has 126 valence electrons. The average Bonchev–Trinajstić information content (AvgIpc) is 3.17. The van der Waals surface area contributed by atoms with Gasteiger partial charge in [0.05, 0.1) is 19.1 Å². The van der Waals surface area contributed by atoms with Crippen LogP contribution in [-0.2, 0) is 14.9 Å². The lowest BCUT2D eigenvalue weighted by molar-refractivity contribution is -0.151. The number of methoxy groups -OCH3 is 1. The molecule has 1 aromatic carbocycles. The van der Waals surface area contributed by atoms with Crippen molar-refractivity contribution in [2.24, 2.45) is 11.8 Å². The van der Waals surface area contributed by atoms with E-state index in [1.807, 2.05) is 0 Å². The normalized spacial score (nSPS) is 40.8. The first-order valence-corrected chi connectivity index (χ1v) is 9.03. The van der Waals surface area contributed by atoms with Crippen molar-refractivity contribution in [1.29, 1.82) is 0 Å². The summed E-state index contributed by atoms with van der Waals surface area (Å²) in [4.78, 5) is 15.4. The molecule has 4 nitrogen and oxygen atoms in total. The third kappa shape index (κ3) is 1.55. The molecule has 3 heterocycles. The molecule has 3 aliphatic heterocycles. The van der Waals surface area contributed by atoms with Gasteiger partial charge in [0.25, 0.3) is 0 Å². The molecule has 0 amide bonds. The summed E-state index contributed by atoms with van der Waals surface area (Å²) < 4.78 is 5.26. The number of anilines is 1. The minimum Gasteiger partial charge on any atom is -0.469 e. The second-order valence-electron chi connectivity index (χ2n) is 7.70. The zero-order valence-corrected chi connectivity index (χ0v) is 14.3. The number of hydrogen-bond donors (Lipinski definition) is 1. The molecular formula is C20H24N2O2. The molecule has 3 fully saturated rings. The maximum atomic E-state index is 12.8. The van der Waals surface area contributed by atoms with Crippen LogP contribution in [0.15, 0.2) is 35.9 Å². The second-order valence-corrected chi connectivity index (χ2v) is 7.70. The SMILES string of the molecule is C/C=C1\CN2CCC34c5ccccc5NC3C(C(=O)OC)C1CC24. The highest BCUT2D eigenvalue weighted by Crippen LogP contribution is 2.61. The van der Waals surface area contributed by atoms with E-state index in [-0.39, 0.29) is 23.3 Å². The molecule has 5 atom stereocenters. The summed E-state index contributed by atoms with van der Waals surface area (Å²) in [6.45, 7) is 4.24. The van der Waals surface area contributed by atoms with Gasteiger partial charge in [0.1, 0.15) is 0 Å². The number of carbonyl (C=O) groups is 1. The van der Waals surface area contributed by atoms with E-state index >= 15 is 0 Å². The number of para-hydroxylation sites is 1. The first-order chi connectivity index (χ1) is 11.7. The largest absolute Gasteiger partial charge is 0.469 e. The van der Waals surface area contributed by atoms with Crippen LogP contribution in [0, 0.1) is 11.8 Å². The summed E-state index contributed by atoms with van der Waals surface area (Å²) >= 11 is 0. The third-order valence-corrected chi connectivity index (χ3v) is 7.12. The number of nitrogens with zero attached hydrogens (tertiary/aromatic N) is 1. The van der Waals surface area contributed by atoms with E-state index in [0.717, 1.165) is 25.9 Å². The lowest BCUT2D eigenvalue weighted by Gasteiger charge is -2.54. The highest BCUT2D eigenvalue weighted by molar-refractivity contribution is 5.78. The van der Waals surface area contributed by atoms with Crippen LogP contribution in [0.25, 0.3) is 0 Å². The van der Waals surface area contributed by atoms with Crippen LogP contribution in [0.4, 0.5) is 5.69 Å².